The van der Waals surface area contributed by atoms with Crippen molar-refractivity contribution < 1.29 is 18.3 Å². The summed E-state index contributed by atoms with van der Waals surface area (Å²) in [4.78, 5) is 0.161. The van der Waals surface area contributed by atoms with Gasteiger partial charge in [0.05, 0.1) is 18.0 Å². The van der Waals surface area contributed by atoms with Gasteiger partial charge in [-0.15, -0.1) is 0 Å². The molecule has 1 aromatic carbocycles. The molecule has 0 fully saturated rings. The summed E-state index contributed by atoms with van der Waals surface area (Å²) >= 11 is 0. The minimum absolute atomic E-state index is 0.122. The summed E-state index contributed by atoms with van der Waals surface area (Å²) in [7, 11) is -2.08. The SMILES string of the molecule is Cc1nn(C)c(C)c1S(=O)(=O)NCC1(O)CCOc2ccccc21. The number of rotatable bonds is 4. The molecule has 1 aliphatic heterocycles. The Morgan fingerprint density at radius 2 is 2.08 bits per heavy atom. The first kappa shape index (κ1) is 16.9. The van der Waals surface area contributed by atoms with Gasteiger partial charge in [-0.3, -0.25) is 4.68 Å². The third kappa shape index (κ3) is 2.81. The molecule has 0 aliphatic carbocycles. The lowest BCUT2D eigenvalue weighted by atomic mass is 9.88. The minimum atomic E-state index is -3.77. The van der Waals surface area contributed by atoms with Crippen LogP contribution in [0.3, 0.4) is 0 Å². The molecule has 0 saturated heterocycles. The minimum Gasteiger partial charge on any atom is -0.493 e. The molecular formula is C16H21N3O4S. The first-order valence-corrected chi connectivity index (χ1v) is 9.17. The van der Waals surface area contributed by atoms with Crippen molar-refractivity contribution in [2.24, 2.45) is 7.05 Å². The lowest BCUT2D eigenvalue weighted by Gasteiger charge is -2.34. The Labute approximate surface area is 141 Å². The van der Waals surface area contributed by atoms with E-state index in [2.05, 4.69) is 9.82 Å². The highest BCUT2D eigenvalue weighted by Crippen LogP contribution is 2.36. The van der Waals surface area contributed by atoms with E-state index in [-0.39, 0.29) is 11.4 Å². The highest BCUT2D eigenvalue weighted by atomic mass is 32.2. The largest absolute Gasteiger partial charge is 0.493 e. The average molecular weight is 351 g/mol. The number of aryl methyl sites for hydroxylation is 2. The van der Waals surface area contributed by atoms with Crippen LogP contribution in [-0.4, -0.2) is 36.5 Å². The van der Waals surface area contributed by atoms with E-state index in [0.717, 1.165) is 0 Å². The second kappa shape index (κ2) is 5.87. The Bertz CT molecular complexity index is 875. The standard InChI is InChI=1S/C16H21N3O4S/c1-11-15(12(2)19(3)18-11)24(21,22)17-10-16(20)8-9-23-14-7-5-4-6-13(14)16/h4-7,17,20H,8-10H2,1-3H3. The first-order chi connectivity index (χ1) is 11.2. The summed E-state index contributed by atoms with van der Waals surface area (Å²) in [6.07, 6.45) is 0.317. The van der Waals surface area contributed by atoms with Gasteiger partial charge in [0.1, 0.15) is 16.2 Å². The fraction of sp³-hybridized carbons (Fsp3) is 0.438. The molecule has 1 unspecified atom stereocenters. The molecule has 0 amide bonds. The number of fused-ring (bicyclic) bond motifs is 1. The number of hydrogen-bond donors (Lipinski definition) is 2. The Kier molecular flexibility index (Phi) is 4.15. The van der Waals surface area contributed by atoms with Crippen molar-refractivity contribution in [3.05, 3.63) is 41.2 Å². The van der Waals surface area contributed by atoms with E-state index >= 15 is 0 Å². The third-order valence-electron chi connectivity index (χ3n) is 4.43. The smallest absolute Gasteiger partial charge is 0.244 e. The third-order valence-corrected chi connectivity index (χ3v) is 6.08. The topological polar surface area (TPSA) is 93.5 Å². The molecule has 0 bridgehead atoms. The van der Waals surface area contributed by atoms with E-state index in [9.17, 15) is 13.5 Å². The summed E-state index contributed by atoms with van der Waals surface area (Å²) in [5.41, 5.74) is 0.283. The van der Waals surface area contributed by atoms with E-state index in [1.54, 1.807) is 39.1 Å². The maximum absolute atomic E-state index is 12.7. The predicted molar refractivity (Wildman–Crippen MR) is 88.3 cm³/mol. The summed E-state index contributed by atoms with van der Waals surface area (Å²) in [5, 5.41) is 15.1. The average Bonchev–Trinajstić information content (AvgIpc) is 2.79. The number of sulfonamides is 1. The zero-order chi connectivity index (χ0) is 17.5. The van der Waals surface area contributed by atoms with E-state index in [1.165, 1.54) is 4.68 Å². The molecule has 1 atom stereocenters. The van der Waals surface area contributed by atoms with Gasteiger partial charge in [-0.25, -0.2) is 13.1 Å². The number of hydrogen-bond acceptors (Lipinski definition) is 5. The molecule has 3 rings (SSSR count). The molecule has 2 aromatic rings. The second-order valence-electron chi connectivity index (χ2n) is 6.07. The van der Waals surface area contributed by atoms with Crippen LogP contribution >= 0.6 is 0 Å². The number of benzene rings is 1. The Hall–Kier alpha value is -1.90. The molecule has 0 spiro atoms. The van der Waals surface area contributed by atoms with Crippen LogP contribution in [0.5, 0.6) is 5.75 Å². The zero-order valence-electron chi connectivity index (χ0n) is 13.9. The van der Waals surface area contributed by atoms with Gasteiger partial charge >= 0.3 is 0 Å². The van der Waals surface area contributed by atoms with Gasteiger partial charge < -0.3 is 9.84 Å². The van der Waals surface area contributed by atoms with Crippen LogP contribution in [0.2, 0.25) is 0 Å². The zero-order valence-corrected chi connectivity index (χ0v) is 14.7. The van der Waals surface area contributed by atoms with Crippen LogP contribution < -0.4 is 9.46 Å². The van der Waals surface area contributed by atoms with E-state index < -0.39 is 15.6 Å². The fourth-order valence-corrected chi connectivity index (χ4v) is 4.58. The summed E-state index contributed by atoms with van der Waals surface area (Å²) < 4.78 is 34.9. The van der Waals surface area contributed by atoms with E-state index in [4.69, 9.17) is 4.74 Å². The fourth-order valence-electron chi connectivity index (χ4n) is 3.05. The summed E-state index contributed by atoms with van der Waals surface area (Å²) in [5.74, 6) is 0.583. The van der Waals surface area contributed by atoms with Crippen LogP contribution in [0.25, 0.3) is 0 Å². The number of para-hydroxylation sites is 1. The first-order valence-electron chi connectivity index (χ1n) is 7.69. The molecule has 8 heteroatoms. The van der Waals surface area contributed by atoms with Crippen LogP contribution in [0.15, 0.2) is 29.2 Å². The molecule has 1 aromatic heterocycles. The lowest BCUT2D eigenvalue weighted by molar-refractivity contribution is 0.00219. The normalized spacial score (nSPS) is 20.5. The number of aliphatic hydroxyl groups is 1. The maximum atomic E-state index is 12.7. The van der Waals surface area contributed by atoms with Crippen molar-refractivity contribution in [1.82, 2.24) is 14.5 Å². The van der Waals surface area contributed by atoms with Gasteiger partial charge in [-0.05, 0) is 19.9 Å². The van der Waals surface area contributed by atoms with Crippen molar-refractivity contribution in [3.8, 4) is 5.75 Å². The molecule has 0 saturated carbocycles. The van der Waals surface area contributed by atoms with Crippen molar-refractivity contribution in [3.63, 3.8) is 0 Å². The monoisotopic (exact) mass is 351 g/mol. The summed E-state index contributed by atoms with van der Waals surface area (Å²) in [6.45, 7) is 3.57. The number of nitrogens with zero attached hydrogens (tertiary/aromatic N) is 2. The predicted octanol–water partition coefficient (Wildman–Crippen LogP) is 0.986. The molecule has 7 nitrogen and oxygen atoms in total. The van der Waals surface area contributed by atoms with Crippen LogP contribution in [-0.2, 0) is 22.7 Å². The molecule has 0 radical (unpaired) electrons. The van der Waals surface area contributed by atoms with Gasteiger partial charge in [0.2, 0.25) is 10.0 Å². The van der Waals surface area contributed by atoms with Crippen molar-refractivity contribution in [2.45, 2.75) is 30.8 Å². The Balaban J connectivity index is 1.88. The van der Waals surface area contributed by atoms with Crippen molar-refractivity contribution in [2.75, 3.05) is 13.2 Å². The number of ether oxygens (including phenoxy) is 1. The van der Waals surface area contributed by atoms with Crippen LogP contribution in [0, 0.1) is 13.8 Å². The van der Waals surface area contributed by atoms with Gasteiger partial charge in [0, 0.05) is 25.6 Å². The second-order valence-corrected chi connectivity index (χ2v) is 7.78. The molecule has 1 aliphatic rings. The molecule has 2 heterocycles. The molecule has 130 valence electrons. The molecular weight excluding hydrogens is 330 g/mol. The van der Waals surface area contributed by atoms with Crippen molar-refractivity contribution >= 4 is 10.0 Å². The van der Waals surface area contributed by atoms with Gasteiger partial charge in [-0.2, -0.15) is 5.10 Å². The Morgan fingerprint density at radius 1 is 1.38 bits per heavy atom. The van der Waals surface area contributed by atoms with Gasteiger partial charge in [-0.1, -0.05) is 18.2 Å². The highest BCUT2D eigenvalue weighted by Gasteiger charge is 2.37. The number of aromatic nitrogens is 2. The van der Waals surface area contributed by atoms with Crippen molar-refractivity contribution in [1.29, 1.82) is 0 Å². The lowest BCUT2D eigenvalue weighted by Crippen LogP contribution is -2.44. The van der Waals surface area contributed by atoms with Crippen LogP contribution in [0.1, 0.15) is 23.4 Å². The Morgan fingerprint density at radius 3 is 2.75 bits per heavy atom. The summed E-state index contributed by atoms with van der Waals surface area (Å²) in [6, 6.07) is 7.13. The van der Waals surface area contributed by atoms with E-state index in [0.29, 0.717) is 35.7 Å². The van der Waals surface area contributed by atoms with Gasteiger partial charge in [0.25, 0.3) is 0 Å². The van der Waals surface area contributed by atoms with Gasteiger partial charge in [0.15, 0.2) is 0 Å². The number of nitrogens with one attached hydrogen (secondary N) is 1. The highest BCUT2D eigenvalue weighted by molar-refractivity contribution is 7.89. The quantitative estimate of drug-likeness (QED) is 0.857. The molecule has 24 heavy (non-hydrogen) atoms. The van der Waals surface area contributed by atoms with Crippen LogP contribution in [0.4, 0.5) is 0 Å². The maximum Gasteiger partial charge on any atom is 0.244 e. The van der Waals surface area contributed by atoms with E-state index in [1.807, 2.05) is 6.07 Å². The molecule has 2 N–H and O–H groups in total.